The highest BCUT2D eigenvalue weighted by atomic mass is 19.2. The van der Waals surface area contributed by atoms with Gasteiger partial charge in [-0.05, 0) is 24.2 Å². The number of carbonyl (C=O) groups excluding carboxylic acids is 2. The van der Waals surface area contributed by atoms with Crippen molar-refractivity contribution in [3.63, 3.8) is 0 Å². The molecule has 1 aliphatic carbocycles. The third kappa shape index (κ3) is 3.61. The smallest absolute Gasteiger partial charge is 0.313 e. The number of nitrogens with zero attached hydrogens (tertiary/aromatic N) is 4. The summed E-state index contributed by atoms with van der Waals surface area (Å²) in [6.07, 6.45) is 4.08. The van der Waals surface area contributed by atoms with Crippen LogP contribution in [0.5, 0.6) is 0 Å². The van der Waals surface area contributed by atoms with Crippen molar-refractivity contribution in [2.45, 2.75) is 52.2 Å². The molecule has 1 atom stereocenters. The topological polar surface area (TPSA) is 70.5 Å². The number of halogens is 3. The Bertz CT molecular complexity index is 1090. The molecule has 1 aromatic heterocycles. The molecule has 3 aliphatic rings. The van der Waals surface area contributed by atoms with Gasteiger partial charge in [-0.15, -0.1) is 0 Å². The highest BCUT2D eigenvalue weighted by Gasteiger charge is 2.44. The molecule has 10 heteroatoms. The minimum Gasteiger partial charge on any atom is -0.313 e. The number of benzene rings is 1. The molecule has 2 fully saturated rings. The number of rotatable bonds is 3. The van der Waals surface area contributed by atoms with Crippen LogP contribution in [-0.2, 0) is 17.9 Å². The quantitative estimate of drug-likeness (QED) is 0.726. The summed E-state index contributed by atoms with van der Waals surface area (Å²) in [7, 11) is 0. The molecule has 2 aliphatic heterocycles. The molecule has 0 bridgehead atoms. The maximum atomic E-state index is 13.6. The monoisotopic (exact) mass is 447 g/mol. The molecular weight excluding hydrogens is 423 g/mol. The predicted octanol–water partition coefficient (Wildman–Crippen LogP) is 3.89. The lowest BCUT2D eigenvalue weighted by Crippen LogP contribution is -2.49. The van der Waals surface area contributed by atoms with Crippen LogP contribution in [0.2, 0.25) is 0 Å². The molecule has 1 unspecified atom stereocenters. The molecule has 32 heavy (non-hydrogen) atoms. The number of carbonyl (C=O) groups is 2. The summed E-state index contributed by atoms with van der Waals surface area (Å²) < 4.78 is 42.3. The van der Waals surface area contributed by atoms with E-state index in [-0.39, 0.29) is 29.6 Å². The fraction of sp³-hybridized carbons (Fsp3) is 0.500. The first-order valence-corrected chi connectivity index (χ1v) is 10.7. The zero-order valence-corrected chi connectivity index (χ0v) is 17.9. The SMILES string of the molecule is CC1(C)CC(=O)N(c2cnn3c2CN(C(=O)Nc2cc(F)c(F)c(F)c2)C(C2CC2)C3)C1. The molecule has 2 aromatic rings. The van der Waals surface area contributed by atoms with Gasteiger partial charge in [0.1, 0.15) is 0 Å². The van der Waals surface area contributed by atoms with Gasteiger partial charge in [0.25, 0.3) is 0 Å². The Hall–Kier alpha value is -3.04. The van der Waals surface area contributed by atoms with Gasteiger partial charge in [-0.1, -0.05) is 13.8 Å². The molecule has 1 N–H and O–H groups in total. The maximum Gasteiger partial charge on any atom is 0.322 e. The number of aromatic nitrogens is 2. The Morgan fingerprint density at radius 1 is 1.19 bits per heavy atom. The van der Waals surface area contributed by atoms with Gasteiger partial charge >= 0.3 is 6.03 Å². The van der Waals surface area contributed by atoms with Crippen molar-refractivity contribution in [1.82, 2.24) is 14.7 Å². The molecule has 7 nitrogen and oxygen atoms in total. The fourth-order valence-corrected chi connectivity index (χ4v) is 4.73. The third-order valence-electron chi connectivity index (χ3n) is 6.48. The van der Waals surface area contributed by atoms with Crippen molar-refractivity contribution in [3.05, 3.63) is 41.5 Å². The van der Waals surface area contributed by atoms with E-state index >= 15 is 0 Å². The van der Waals surface area contributed by atoms with Gasteiger partial charge < -0.3 is 15.1 Å². The van der Waals surface area contributed by atoms with Crippen LogP contribution in [0.25, 0.3) is 0 Å². The van der Waals surface area contributed by atoms with Crippen LogP contribution in [0.1, 0.15) is 38.8 Å². The first-order chi connectivity index (χ1) is 15.1. The number of fused-ring (bicyclic) bond motifs is 1. The third-order valence-corrected chi connectivity index (χ3v) is 6.48. The molecule has 0 spiro atoms. The van der Waals surface area contributed by atoms with Gasteiger partial charge in [0.05, 0.1) is 36.7 Å². The molecule has 3 amide bonds. The summed E-state index contributed by atoms with van der Waals surface area (Å²) >= 11 is 0. The highest BCUT2D eigenvalue weighted by molar-refractivity contribution is 5.97. The lowest BCUT2D eigenvalue weighted by atomic mass is 9.93. The standard InChI is InChI=1S/C22H24F3N5O2/c1-22(2)7-19(31)29(11-22)16-8-26-30-10-17(12-3-4-12)28(9-18(16)30)21(32)27-13-5-14(23)20(25)15(24)6-13/h5-6,8,12,17H,3-4,7,9-11H2,1-2H3,(H,27,32). The van der Waals surface area contributed by atoms with Gasteiger partial charge in [-0.25, -0.2) is 18.0 Å². The van der Waals surface area contributed by atoms with Crippen molar-refractivity contribution >= 4 is 23.3 Å². The van der Waals surface area contributed by atoms with Crippen molar-refractivity contribution < 1.29 is 22.8 Å². The average Bonchev–Trinajstić information content (AvgIpc) is 3.42. The molecule has 170 valence electrons. The Balaban J connectivity index is 1.42. The van der Waals surface area contributed by atoms with E-state index in [1.165, 1.54) is 0 Å². The fourth-order valence-electron chi connectivity index (χ4n) is 4.73. The van der Waals surface area contributed by atoms with Crippen molar-refractivity contribution in [3.8, 4) is 0 Å². The van der Waals surface area contributed by atoms with Gasteiger partial charge in [0.2, 0.25) is 5.91 Å². The van der Waals surface area contributed by atoms with Gasteiger partial charge in [-0.3, -0.25) is 9.48 Å². The zero-order valence-electron chi connectivity index (χ0n) is 17.9. The van der Waals surface area contributed by atoms with E-state index in [2.05, 4.69) is 10.4 Å². The normalized spacial score (nSPS) is 22.3. The Morgan fingerprint density at radius 3 is 2.47 bits per heavy atom. The van der Waals surface area contributed by atoms with Crippen LogP contribution in [0, 0.1) is 28.8 Å². The zero-order chi connectivity index (χ0) is 22.8. The van der Waals surface area contributed by atoms with Crippen LogP contribution < -0.4 is 10.2 Å². The molecule has 3 heterocycles. The lowest BCUT2D eigenvalue weighted by Gasteiger charge is -2.37. The summed E-state index contributed by atoms with van der Waals surface area (Å²) in [5.41, 5.74) is 1.13. The highest BCUT2D eigenvalue weighted by Crippen LogP contribution is 2.41. The van der Waals surface area contributed by atoms with Gasteiger partial charge in [0, 0.05) is 30.8 Å². The first-order valence-electron chi connectivity index (χ1n) is 10.7. The van der Waals surface area contributed by atoms with Crippen LogP contribution in [-0.4, -0.2) is 39.2 Å². The van der Waals surface area contributed by atoms with E-state index in [0.717, 1.165) is 30.7 Å². The molecule has 5 rings (SSSR count). The average molecular weight is 447 g/mol. The molecular formula is C22H24F3N5O2. The van der Waals surface area contributed by atoms with Gasteiger partial charge in [-0.2, -0.15) is 5.10 Å². The van der Waals surface area contributed by atoms with Crippen molar-refractivity contribution in [2.24, 2.45) is 11.3 Å². The second-order valence-corrected chi connectivity index (χ2v) is 9.70. The number of nitrogens with one attached hydrogen (secondary N) is 1. The minimum absolute atomic E-state index is 0.0170. The number of anilines is 2. The van der Waals surface area contributed by atoms with Crippen LogP contribution in [0.15, 0.2) is 18.3 Å². The lowest BCUT2D eigenvalue weighted by molar-refractivity contribution is -0.117. The molecule has 0 radical (unpaired) electrons. The first kappa shape index (κ1) is 20.8. The Labute approximate surface area is 183 Å². The molecule has 1 saturated heterocycles. The van der Waals surface area contributed by atoms with E-state index in [1.807, 2.05) is 18.5 Å². The van der Waals surface area contributed by atoms with E-state index in [9.17, 15) is 22.8 Å². The van der Waals surface area contributed by atoms with Crippen molar-refractivity contribution in [1.29, 1.82) is 0 Å². The van der Waals surface area contributed by atoms with Crippen molar-refractivity contribution in [2.75, 3.05) is 16.8 Å². The Kier molecular flexibility index (Phi) is 4.72. The summed E-state index contributed by atoms with van der Waals surface area (Å²) in [4.78, 5) is 29.1. The summed E-state index contributed by atoms with van der Waals surface area (Å²) in [5.74, 6) is -3.98. The van der Waals surface area contributed by atoms with E-state index in [4.69, 9.17) is 0 Å². The van der Waals surface area contributed by atoms with Crippen LogP contribution in [0.4, 0.5) is 29.3 Å². The van der Waals surface area contributed by atoms with Gasteiger partial charge in [0.15, 0.2) is 17.5 Å². The number of amides is 3. The number of hydrogen-bond acceptors (Lipinski definition) is 3. The van der Waals surface area contributed by atoms with E-state index < -0.39 is 23.5 Å². The second-order valence-electron chi connectivity index (χ2n) is 9.70. The largest absolute Gasteiger partial charge is 0.322 e. The summed E-state index contributed by atoms with van der Waals surface area (Å²) in [5, 5.41) is 6.98. The Morgan fingerprint density at radius 2 is 1.88 bits per heavy atom. The molecule has 1 saturated carbocycles. The summed E-state index contributed by atoms with van der Waals surface area (Å²) in [6, 6.07) is 0.856. The van der Waals surface area contributed by atoms with Crippen LogP contribution in [0.3, 0.4) is 0 Å². The second kappa shape index (κ2) is 7.25. The maximum absolute atomic E-state index is 13.6. The van der Waals surface area contributed by atoms with E-state index in [1.54, 1.807) is 16.0 Å². The van der Waals surface area contributed by atoms with Crippen LogP contribution >= 0.6 is 0 Å². The predicted molar refractivity (Wildman–Crippen MR) is 110 cm³/mol. The minimum atomic E-state index is -1.58. The summed E-state index contributed by atoms with van der Waals surface area (Å²) in [6.45, 7) is 5.32. The number of urea groups is 1. The number of hydrogen-bond donors (Lipinski definition) is 1. The van der Waals surface area contributed by atoms with E-state index in [0.29, 0.717) is 31.1 Å². The molecule has 1 aromatic carbocycles.